The summed E-state index contributed by atoms with van der Waals surface area (Å²) in [7, 11) is -3.15. The SMILES string of the molecule is CC1(C)CN1P(=O)(Nc1ccn([C@@H]2O[C@H](CO)[C@@H](O)[C@H]2O)c(=O)n1)N1CC1(C)C. The summed E-state index contributed by atoms with van der Waals surface area (Å²) in [5.41, 5.74) is -1.13. The number of ether oxygens (including phenoxy) is 1. The minimum atomic E-state index is -3.15. The summed E-state index contributed by atoms with van der Waals surface area (Å²) >= 11 is 0. The van der Waals surface area contributed by atoms with Gasteiger partial charge in [0.2, 0.25) is 0 Å². The van der Waals surface area contributed by atoms with Crippen molar-refractivity contribution in [2.75, 3.05) is 24.8 Å². The van der Waals surface area contributed by atoms with E-state index in [4.69, 9.17) is 4.74 Å². The van der Waals surface area contributed by atoms with Crippen molar-refractivity contribution in [1.82, 2.24) is 18.9 Å². The molecular formula is C17H28N5O6P. The third-order valence-corrected chi connectivity index (χ3v) is 8.99. The Balaban J connectivity index is 1.58. The first-order valence-corrected chi connectivity index (χ1v) is 11.2. The number of anilines is 1. The van der Waals surface area contributed by atoms with E-state index in [1.807, 2.05) is 37.0 Å². The van der Waals surface area contributed by atoms with Gasteiger partial charge in [0.1, 0.15) is 24.1 Å². The van der Waals surface area contributed by atoms with Crippen molar-refractivity contribution < 1.29 is 24.6 Å². The van der Waals surface area contributed by atoms with Crippen LogP contribution in [0.15, 0.2) is 17.1 Å². The Morgan fingerprint density at radius 2 is 1.76 bits per heavy atom. The van der Waals surface area contributed by atoms with Crippen LogP contribution in [0.5, 0.6) is 0 Å². The lowest BCUT2D eigenvalue weighted by Crippen LogP contribution is -2.36. The van der Waals surface area contributed by atoms with E-state index in [1.54, 1.807) is 0 Å². The van der Waals surface area contributed by atoms with E-state index in [0.717, 1.165) is 4.57 Å². The minimum Gasteiger partial charge on any atom is -0.394 e. The van der Waals surface area contributed by atoms with Crippen LogP contribution in [0.3, 0.4) is 0 Å². The molecule has 0 aliphatic carbocycles. The van der Waals surface area contributed by atoms with Gasteiger partial charge in [0.15, 0.2) is 6.23 Å². The van der Waals surface area contributed by atoms with Crippen LogP contribution in [0.25, 0.3) is 0 Å². The second-order valence-corrected chi connectivity index (χ2v) is 11.4. The Morgan fingerprint density at radius 3 is 2.17 bits per heavy atom. The zero-order valence-corrected chi connectivity index (χ0v) is 17.8. The average molecular weight is 429 g/mol. The van der Waals surface area contributed by atoms with Gasteiger partial charge in [-0.05, 0) is 33.8 Å². The standard InChI is InChI=1S/C17H28N5O6P/c1-16(2)8-21(16)29(27,22-9-17(22,3)4)19-11-5-6-20(15(26)18-11)14-13(25)12(24)10(7-23)28-14/h5-6,10,12-14,23-25H,7-9H2,1-4H3,(H,18,19,26,27)/t10-,12-,13-,14-,21?,22?,29?/m1/s1. The van der Waals surface area contributed by atoms with Crippen molar-refractivity contribution in [2.45, 2.75) is 63.3 Å². The molecule has 0 aromatic carbocycles. The number of aliphatic hydroxyl groups is 3. The van der Waals surface area contributed by atoms with E-state index in [2.05, 4.69) is 10.1 Å². The van der Waals surface area contributed by atoms with Gasteiger partial charge in [0.25, 0.3) is 0 Å². The highest BCUT2D eigenvalue weighted by molar-refractivity contribution is 7.61. The summed E-state index contributed by atoms with van der Waals surface area (Å²) in [6.45, 7) is 8.87. The predicted octanol–water partition coefficient (Wildman–Crippen LogP) is -0.437. The van der Waals surface area contributed by atoms with Crippen molar-refractivity contribution in [1.29, 1.82) is 0 Å². The summed E-state index contributed by atoms with van der Waals surface area (Å²) in [4.78, 5) is 16.5. The number of aromatic nitrogens is 2. The van der Waals surface area contributed by atoms with Gasteiger partial charge in [0, 0.05) is 30.4 Å². The van der Waals surface area contributed by atoms with Crippen LogP contribution in [0.2, 0.25) is 0 Å². The van der Waals surface area contributed by atoms with Gasteiger partial charge in [-0.1, -0.05) is 0 Å². The van der Waals surface area contributed by atoms with Crippen LogP contribution in [-0.4, -0.2) is 83.3 Å². The molecule has 4 rings (SSSR count). The summed E-state index contributed by atoms with van der Waals surface area (Å²) in [5.74, 6) is 0.159. The molecule has 0 saturated carbocycles. The Hall–Kier alpha value is -1.33. The molecule has 4 N–H and O–H groups in total. The molecular weight excluding hydrogens is 401 g/mol. The molecule has 3 aliphatic rings. The van der Waals surface area contributed by atoms with Crippen LogP contribution in [-0.2, 0) is 9.30 Å². The second-order valence-electron chi connectivity index (χ2n) is 9.13. The largest absolute Gasteiger partial charge is 0.394 e. The molecule has 0 amide bonds. The lowest BCUT2D eigenvalue weighted by atomic mass is 10.1. The molecule has 2 unspecified atom stereocenters. The van der Waals surface area contributed by atoms with Crippen molar-refractivity contribution in [2.24, 2.45) is 0 Å². The normalized spacial score (nSPS) is 39.0. The van der Waals surface area contributed by atoms with E-state index < -0.39 is 44.4 Å². The average Bonchev–Trinajstić information content (AvgIpc) is 3.46. The number of aliphatic hydroxyl groups excluding tert-OH is 3. The first-order valence-electron chi connectivity index (χ1n) is 9.57. The summed E-state index contributed by atoms with van der Waals surface area (Å²) in [6.07, 6.45) is -3.49. The maximum absolute atomic E-state index is 13.8. The molecule has 3 fully saturated rings. The van der Waals surface area contributed by atoms with E-state index in [9.17, 15) is 24.7 Å². The van der Waals surface area contributed by atoms with E-state index >= 15 is 0 Å². The Labute approximate surface area is 168 Å². The molecule has 3 saturated heterocycles. The number of nitrogens with zero attached hydrogens (tertiary/aromatic N) is 4. The molecule has 29 heavy (non-hydrogen) atoms. The van der Waals surface area contributed by atoms with E-state index in [1.165, 1.54) is 12.3 Å². The molecule has 1 aromatic heterocycles. The summed E-state index contributed by atoms with van der Waals surface area (Å²) in [6, 6.07) is 1.48. The van der Waals surface area contributed by atoms with Crippen LogP contribution < -0.4 is 10.8 Å². The van der Waals surface area contributed by atoms with Crippen LogP contribution in [0.1, 0.15) is 33.9 Å². The summed E-state index contributed by atoms with van der Waals surface area (Å²) < 4.78 is 24.0. The molecule has 12 heteroatoms. The van der Waals surface area contributed by atoms with Crippen LogP contribution >= 0.6 is 7.59 Å². The maximum atomic E-state index is 13.8. The number of hydrogen-bond acceptors (Lipinski definition) is 7. The van der Waals surface area contributed by atoms with Gasteiger partial charge in [-0.3, -0.25) is 14.2 Å². The first kappa shape index (κ1) is 20.9. The van der Waals surface area contributed by atoms with Gasteiger partial charge in [0.05, 0.1) is 6.61 Å². The van der Waals surface area contributed by atoms with Crippen molar-refractivity contribution in [3.05, 3.63) is 22.7 Å². The highest BCUT2D eigenvalue weighted by Gasteiger charge is 2.64. The highest BCUT2D eigenvalue weighted by atomic mass is 31.2. The Kier molecular flexibility index (Phi) is 4.75. The number of rotatable bonds is 6. The van der Waals surface area contributed by atoms with Crippen molar-refractivity contribution in [3.63, 3.8) is 0 Å². The molecule has 4 heterocycles. The smallest absolute Gasteiger partial charge is 0.351 e. The minimum absolute atomic E-state index is 0.159. The number of nitrogens with one attached hydrogen (secondary N) is 1. The second kappa shape index (κ2) is 6.58. The van der Waals surface area contributed by atoms with Crippen LogP contribution in [0.4, 0.5) is 5.82 Å². The third kappa shape index (κ3) is 3.44. The molecule has 3 aliphatic heterocycles. The molecule has 6 atom stereocenters. The molecule has 0 spiro atoms. The van der Waals surface area contributed by atoms with Crippen molar-refractivity contribution in [3.8, 4) is 0 Å². The lowest BCUT2D eigenvalue weighted by Gasteiger charge is -2.26. The Bertz CT molecular complexity index is 894. The Morgan fingerprint density at radius 1 is 1.21 bits per heavy atom. The van der Waals surface area contributed by atoms with Gasteiger partial charge in [-0.15, -0.1) is 0 Å². The zero-order valence-electron chi connectivity index (χ0n) is 16.9. The fourth-order valence-electron chi connectivity index (χ4n) is 3.77. The highest BCUT2D eigenvalue weighted by Crippen LogP contribution is 2.68. The molecule has 0 bridgehead atoms. The van der Waals surface area contributed by atoms with Crippen molar-refractivity contribution >= 4 is 13.4 Å². The fraction of sp³-hybridized carbons (Fsp3) is 0.765. The monoisotopic (exact) mass is 429 g/mol. The quantitative estimate of drug-likeness (QED) is 0.348. The van der Waals surface area contributed by atoms with Gasteiger partial charge >= 0.3 is 13.3 Å². The lowest BCUT2D eigenvalue weighted by molar-refractivity contribution is -0.0549. The zero-order chi connectivity index (χ0) is 21.4. The topological polar surface area (TPSA) is 140 Å². The predicted molar refractivity (Wildman–Crippen MR) is 104 cm³/mol. The molecule has 0 radical (unpaired) electrons. The third-order valence-electron chi connectivity index (χ3n) is 5.80. The van der Waals surface area contributed by atoms with E-state index in [0.29, 0.717) is 13.1 Å². The first-order chi connectivity index (χ1) is 13.4. The molecule has 11 nitrogen and oxygen atoms in total. The van der Waals surface area contributed by atoms with Gasteiger partial charge < -0.3 is 20.1 Å². The van der Waals surface area contributed by atoms with E-state index in [-0.39, 0.29) is 16.9 Å². The maximum Gasteiger partial charge on any atom is 0.351 e. The van der Waals surface area contributed by atoms with Crippen LogP contribution in [0, 0.1) is 0 Å². The fourth-order valence-corrected chi connectivity index (χ4v) is 7.23. The number of hydrogen-bond donors (Lipinski definition) is 4. The molecule has 1 aromatic rings. The summed E-state index contributed by atoms with van der Waals surface area (Å²) in [5, 5.41) is 32.2. The van der Waals surface area contributed by atoms with Gasteiger partial charge in [-0.25, -0.2) is 14.1 Å². The molecule has 162 valence electrons. The van der Waals surface area contributed by atoms with Gasteiger partial charge in [-0.2, -0.15) is 4.98 Å².